The lowest BCUT2D eigenvalue weighted by Crippen LogP contribution is -2.05. The maximum absolute atomic E-state index is 10.0. The number of phenolic OH excluding ortho intramolecular Hbond substituents is 1. The molecule has 0 fully saturated rings. The summed E-state index contributed by atoms with van der Waals surface area (Å²) >= 11 is 0. The van der Waals surface area contributed by atoms with Crippen molar-refractivity contribution in [3.05, 3.63) is 53.6 Å². The molecule has 1 unspecified atom stereocenters. The van der Waals surface area contributed by atoms with Crippen LogP contribution in [-0.4, -0.2) is 10.2 Å². The molecule has 2 rings (SSSR count). The largest absolute Gasteiger partial charge is 0.507 e. The number of ether oxygens (including phenoxy) is 1. The molecule has 3 nitrogen and oxygen atoms in total. The fraction of sp³-hybridized carbons (Fsp3) is 0.294. The van der Waals surface area contributed by atoms with E-state index in [1.54, 1.807) is 12.1 Å². The van der Waals surface area contributed by atoms with E-state index < -0.39 is 6.10 Å². The average Bonchev–Trinajstić information content (AvgIpc) is 2.38. The fourth-order valence-corrected chi connectivity index (χ4v) is 2.01. The molecule has 0 aliphatic rings. The molecule has 106 valence electrons. The van der Waals surface area contributed by atoms with Gasteiger partial charge in [-0.1, -0.05) is 26.0 Å². The van der Waals surface area contributed by atoms with Crippen LogP contribution in [0.5, 0.6) is 17.2 Å². The van der Waals surface area contributed by atoms with E-state index in [0.717, 1.165) is 11.3 Å². The first kappa shape index (κ1) is 14.4. The van der Waals surface area contributed by atoms with Crippen LogP contribution in [0.1, 0.15) is 31.1 Å². The Balaban J connectivity index is 2.21. The second kappa shape index (κ2) is 5.97. The minimum Gasteiger partial charge on any atom is -0.507 e. The molecule has 0 bridgehead atoms. The van der Waals surface area contributed by atoms with Crippen LogP contribution < -0.4 is 4.74 Å². The number of rotatable bonds is 4. The van der Waals surface area contributed by atoms with E-state index in [9.17, 15) is 10.2 Å². The predicted molar refractivity (Wildman–Crippen MR) is 79.2 cm³/mol. The first-order chi connectivity index (χ1) is 9.47. The molecule has 0 heterocycles. The molecule has 0 amide bonds. The van der Waals surface area contributed by atoms with Gasteiger partial charge in [0.25, 0.3) is 0 Å². The minimum absolute atomic E-state index is 0.0458. The highest BCUT2D eigenvalue weighted by molar-refractivity contribution is 5.43. The van der Waals surface area contributed by atoms with Gasteiger partial charge in [-0.3, -0.25) is 0 Å². The van der Waals surface area contributed by atoms with Crippen LogP contribution in [0.2, 0.25) is 0 Å². The Kier molecular flexibility index (Phi) is 4.30. The summed E-state index contributed by atoms with van der Waals surface area (Å²) in [4.78, 5) is 0. The van der Waals surface area contributed by atoms with Gasteiger partial charge in [0.05, 0.1) is 6.10 Å². The third-order valence-corrected chi connectivity index (χ3v) is 3.18. The number of aliphatic hydroxyl groups is 1. The normalized spacial score (nSPS) is 12.4. The maximum atomic E-state index is 10.0. The molecule has 0 saturated heterocycles. The highest BCUT2D eigenvalue weighted by Crippen LogP contribution is 2.33. The average molecular weight is 272 g/mol. The van der Waals surface area contributed by atoms with E-state index in [1.807, 2.05) is 45.0 Å². The minimum atomic E-state index is -0.678. The molecule has 3 heteroatoms. The van der Waals surface area contributed by atoms with Gasteiger partial charge in [0, 0.05) is 11.6 Å². The second-order valence-electron chi connectivity index (χ2n) is 5.33. The Morgan fingerprint density at radius 1 is 1.00 bits per heavy atom. The van der Waals surface area contributed by atoms with Gasteiger partial charge in [-0.15, -0.1) is 0 Å². The highest BCUT2D eigenvalue weighted by atomic mass is 16.5. The van der Waals surface area contributed by atoms with E-state index in [0.29, 0.717) is 11.3 Å². The molecule has 0 radical (unpaired) electrons. The summed E-state index contributed by atoms with van der Waals surface area (Å²) in [7, 11) is 0. The monoisotopic (exact) mass is 272 g/mol. The number of hydrogen-bond donors (Lipinski definition) is 2. The van der Waals surface area contributed by atoms with Gasteiger partial charge in [0.1, 0.15) is 17.2 Å². The zero-order chi connectivity index (χ0) is 14.7. The van der Waals surface area contributed by atoms with E-state index >= 15 is 0 Å². The van der Waals surface area contributed by atoms with Crippen LogP contribution in [0.4, 0.5) is 0 Å². The number of hydrogen-bond acceptors (Lipinski definition) is 3. The molecule has 0 saturated carbocycles. The van der Waals surface area contributed by atoms with E-state index in [2.05, 4.69) is 0 Å². The van der Waals surface area contributed by atoms with Crippen molar-refractivity contribution in [2.24, 2.45) is 5.92 Å². The van der Waals surface area contributed by atoms with Gasteiger partial charge in [-0.2, -0.15) is 0 Å². The number of aryl methyl sites for hydroxylation is 1. The summed E-state index contributed by atoms with van der Waals surface area (Å²) in [5, 5.41) is 20.0. The molecule has 0 aromatic heterocycles. The maximum Gasteiger partial charge on any atom is 0.131 e. The Bertz CT molecular complexity index is 591. The zero-order valence-electron chi connectivity index (χ0n) is 12.0. The molecule has 2 aromatic carbocycles. The van der Waals surface area contributed by atoms with Crippen molar-refractivity contribution in [1.29, 1.82) is 0 Å². The molecular formula is C17H20O3. The first-order valence-corrected chi connectivity index (χ1v) is 6.73. The molecule has 2 aromatic rings. The number of aliphatic hydroxyl groups excluding tert-OH is 1. The summed E-state index contributed by atoms with van der Waals surface area (Å²) in [6.45, 7) is 5.80. The SMILES string of the molecule is Cc1cccc(Oc2ccc(C(O)C(C)C)c(O)c2)c1. The number of phenols is 1. The third kappa shape index (κ3) is 3.31. The van der Waals surface area contributed by atoms with Crippen LogP contribution in [-0.2, 0) is 0 Å². The van der Waals surface area contributed by atoms with Crippen LogP contribution >= 0.6 is 0 Å². The predicted octanol–water partition coefficient (Wildman–Crippen LogP) is 4.18. The lowest BCUT2D eigenvalue weighted by atomic mass is 9.98. The molecule has 0 aliphatic heterocycles. The van der Waals surface area contributed by atoms with Gasteiger partial charge in [-0.25, -0.2) is 0 Å². The molecule has 0 aliphatic carbocycles. The Hall–Kier alpha value is -2.00. The summed E-state index contributed by atoms with van der Waals surface area (Å²) in [5.41, 5.74) is 1.63. The molecule has 20 heavy (non-hydrogen) atoms. The van der Waals surface area contributed by atoms with Crippen molar-refractivity contribution in [1.82, 2.24) is 0 Å². The van der Waals surface area contributed by atoms with Crippen molar-refractivity contribution in [3.63, 3.8) is 0 Å². The van der Waals surface area contributed by atoms with Crippen LogP contribution in [0.25, 0.3) is 0 Å². The Labute approximate surface area is 119 Å². The smallest absolute Gasteiger partial charge is 0.131 e. The van der Waals surface area contributed by atoms with Gasteiger partial charge in [-0.05, 0) is 42.7 Å². The molecular weight excluding hydrogens is 252 g/mol. The number of aromatic hydroxyl groups is 1. The van der Waals surface area contributed by atoms with Gasteiger partial charge in [0.15, 0.2) is 0 Å². The summed E-state index contributed by atoms with van der Waals surface area (Å²) in [6, 6.07) is 12.7. The lowest BCUT2D eigenvalue weighted by Gasteiger charge is -2.17. The van der Waals surface area contributed by atoms with Crippen molar-refractivity contribution in [2.75, 3.05) is 0 Å². The van der Waals surface area contributed by atoms with Gasteiger partial charge >= 0.3 is 0 Å². The standard InChI is InChI=1S/C17H20O3/c1-11(2)17(19)15-8-7-14(10-16(15)18)20-13-6-4-5-12(3)9-13/h4-11,17-19H,1-3H3. The van der Waals surface area contributed by atoms with Crippen molar-refractivity contribution in [3.8, 4) is 17.2 Å². The lowest BCUT2D eigenvalue weighted by molar-refractivity contribution is 0.124. The van der Waals surface area contributed by atoms with E-state index in [1.165, 1.54) is 6.07 Å². The first-order valence-electron chi connectivity index (χ1n) is 6.73. The molecule has 1 atom stereocenters. The van der Waals surface area contributed by atoms with Gasteiger partial charge < -0.3 is 14.9 Å². The van der Waals surface area contributed by atoms with Crippen LogP contribution in [0.15, 0.2) is 42.5 Å². The summed E-state index contributed by atoms with van der Waals surface area (Å²) < 4.78 is 5.69. The molecule has 2 N–H and O–H groups in total. The van der Waals surface area contributed by atoms with Crippen LogP contribution in [0, 0.1) is 12.8 Å². The van der Waals surface area contributed by atoms with Gasteiger partial charge in [0.2, 0.25) is 0 Å². The quantitative estimate of drug-likeness (QED) is 0.877. The Morgan fingerprint density at radius 3 is 2.30 bits per heavy atom. The third-order valence-electron chi connectivity index (χ3n) is 3.18. The van der Waals surface area contributed by atoms with E-state index in [4.69, 9.17) is 4.74 Å². The van der Waals surface area contributed by atoms with Crippen molar-refractivity contribution < 1.29 is 14.9 Å². The highest BCUT2D eigenvalue weighted by Gasteiger charge is 2.16. The summed E-state index contributed by atoms with van der Waals surface area (Å²) in [5.74, 6) is 1.37. The fourth-order valence-electron chi connectivity index (χ4n) is 2.01. The van der Waals surface area contributed by atoms with Crippen LogP contribution in [0.3, 0.4) is 0 Å². The summed E-state index contributed by atoms with van der Waals surface area (Å²) in [6.07, 6.45) is -0.678. The molecule has 0 spiro atoms. The zero-order valence-corrected chi connectivity index (χ0v) is 12.0. The Morgan fingerprint density at radius 2 is 1.70 bits per heavy atom. The van der Waals surface area contributed by atoms with Crippen molar-refractivity contribution in [2.45, 2.75) is 26.9 Å². The topological polar surface area (TPSA) is 49.7 Å². The number of benzene rings is 2. The second-order valence-corrected chi connectivity index (χ2v) is 5.33. The van der Waals surface area contributed by atoms with Crippen molar-refractivity contribution >= 4 is 0 Å². The van der Waals surface area contributed by atoms with E-state index in [-0.39, 0.29) is 11.7 Å².